The number of hydrogen-bond acceptors (Lipinski definition) is 6. The maximum absolute atomic E-state index is 12.9. The van der Waals surface area contributed by atoms with Crippen LogP contribution in [0.5, 0.6) is 0 Å². The van der Waals surface area contributed by atoms with Crippen molar-refractivity contribution in [3.8, 4) is 0 Å². The van der Waals surface area contributed by atoms with Gasteiger partial charge in [0.25, 0.3) is 0 Å². The third-order valence-electron chi connectivity index (χ3n) is 14.5. The Balaban J connectivity index is 4.05. The van der Waals surface area contributed by atoms with Crippen molar-refractivity contribution in [2.24, 2.45) is 0 Å². The minimum Gasteiger partial charge on any atom is -0.462 e. The van der Waals surface area contributed by atoms with Gasteiger partial charge in [-0.25, -0.2) is 0 Å². The summed E-state index contributed by atoms with van der Waals surface area (Å²) in [6.07, 6.45) is 92.9. The average Bonchev–Trinajstić information content (AvgIpc) is 3.46. The van der Waals surface area contributed by atoms with Gasteiger partial charge in [0.1, 0.15) is 13.2 Å². The van der Waals surface area contributed by atoms with E-state index >= 15 is 0 Å². The molecule has 0 aliphatic carbocycles. The molecule has 6 heteroatoms. The molecule has 1 atom stereocenters. The number of carbonyl (C=O) groups excluding carboxylic acids is 3. The summed E-state index contributed by atoms with van der Waals surface area (Å²) in [5.74, 6) is -0.877. The lowest BCUT2D eigenvalue weighted by molar-refractivity contribution is -0.167. The maximum Gasteiger partial charge on any atom is 0.306 e. The zero-order valence-corrected chi connectivity index (χ0v) is 52.6. The Morgan fingerprint density at radius 1 is 0.263 bits per heavy atom. The van der Waals surface area contributed by atoms with Crippen molar-refractivity contribution >= 4 is 17.9 Å². The monoisotopic (exact) mass is 1110 g/mol. The first-order valence-electron chi connectivity index (χ1n) is 33.9. The molecule has 80 heavy (non-hydrogen) atoms. The van der Waals surface area contributed by atoms with Crippen molar-refractivity contribution in [1.82, 2.24) is 0 Å². The lowest BCUT2D eigenvalue weighted by Gasteiger charge is -2.18. The van der Waals surface area contributed by atoms with Crippen LogP contribution in [0.2, 0.25) is 0 Å². The number of unbranched alkanes of at least 4 members (excludes halogenated alkanes) is 32. The van der Waals surface area contributed by atoms with Crippen LogP contribution in [0, 0.1) is 0 Å². The Labute approximate surface area is 495 Å². The Morgan fingerprint density at radius 2 is 0.487 bits per heavy atom. The van der Waals surface area contributed by atoms with Gasteiger partial charge in [0.05, 0.1) is 0 Å². The third kappa shape index (κ3) is 64.9. The molecule has 0 spiro atoms. The summed E-state index contributed by atoms with van der Waals surface area (Å²) in [5.41, 5.74) is 0. The molecule has 0 bridgehead atoms. The highest BCUT2D eigenvalue weighted by Gasteiger charge is 2.19. The van der Waals surface area contributed by atoms with Gasteiger partial charge < -0.3 is 14.2 Å². The topological polar surface area (TPSA) is 78.9 Å². The second kappa shape index (κ2) is 67.6. The van der Waals surface area contributed by atoms with Gasteiger partial charge in [-0.3, -0.25) is 14.4 Å². The van der Waals surface area contributed by atoms with Crippen LogP contribution in [-0.4, -0.2) is 37.2 Å². The minimum absolute atomic E-state index is 0.0760. The zero-order chi connectivity index (χ0) is 57.8. The van der Waals surface area contributed by atoms with E-state index < -0.39 is 6.10 Å². The van der Waals surface area contributed by atoms with Crippen LogP contribution in [0.15, 0.2) is 109 Å². The number of allylic oxidation sites excluding steroid dienone is 18. The molecule has 0 N–H and O–H groups in total. The normalized spacial score (nSPS) is 12.8. The van der Waals surface area contributed by atoms with Crippen molar-refractivity contribution in [2.45, 2.75) is 329 Å². The fourth-order valence-corrected chi connectivity index (χ4v) is 9.52. The van der Waals surface area contributed by atoms with Crippen molar-refractivity contribution in [3.05, 3.63) is 109 Å². The summed E-state index contributed by atoms with van der Waals surface area (Å²) in [6, 6.07) is 0. The van der Waals surface area contributed by atoms with Crippen molar-refractivity contribution in [1.29, 1.82) is 0 Å². The van der Waals surface area contributed by atoms with Crippen LogP contribution in [0.25, 0.3) is 0 Å². The second-order valence-corrected chi connectivity index (χ2v) is 22.3. The predicted molar refractivity (Wildman–Crippen MR) is 348 cm³/mol. The molecule has 0 aliphatic rings. The van der Waals surface area contributed by atoms with E-state index in [9.17, 15) is 14.4 Å². The lowest BCUT2D eigenvalue weighted by Crippen LogP contribution is -2.30. The first kappa shape index (κ1) is 76.1. The molecule has 0 rings (SSSR count). The van der Waals surface area contributed by atoms with Gasteiger partial charge >= 0.3 is 17.9 Å². The van der Waals surface area contributed by atoms with E-state index in [2.05, 4.69) is 130 Å². The van der Waals surface area contributed by atoms with E-state index in [0.717, 1.165) is 116 Å². The molecule has 0 heterocycles. The molecule has 1 unspecified atom stereocenters. The minimum atomic E-state index is -0.776. The largest absolute Gasteiger partial charge is 0.462 e. The number of rotatable bonds is 61. The van der Waals surface area contributed by atoms with Crippen LogP contribution < -0.4 is 0 Å². The van der Waals surface area contributed by atoms with Crippen LogP contribution in [-0.2, 0) is 28.6 Å². The Kier molecular flexibility index (Phi) is 64.3. The number of ether oxygens (including phenoxy) is 3. The van der Waals surface area contributed by atoms with Crippen LogP contribution in [0.1, 0.15) is 323 Å². The zero-order valence-electron chi connectivity index (χ0n) is 52.6. The van der Waals surface area contributed by atoms with E-state index in [1.807, 2.05) is 0 Å². The molecule has 0 saturated heterocycles. The summed E-state index contributed by atoms with van der Waals surface area (Å²) < 4.78 is 16.8. The summed E-state index contributed by atoms with van der Waals surface area (Å²) in [4.78, 5) is 38.1. The summed E-state index contributed by atoms with van der Waals surface area (Å²) in [7, 11) is 0. The van der Waals surface area contributed by atoms with Crippen molar-refractivity contribution in [2.75, 3.05) is 13.2 Å². The average molecular weight is 1110 g/mol. The highest BCUT2D eigenvalue weighted by molar-refractivity contribution is 5.71. The van der Waals surface area contributed by atoms with E-state index in [1.54, 1.807) is 0 Å². The van der Waals surface area contributed by atoms with Gasteiger partial charge in [-0.15, -0.1) is 0 Å². The quantitative estimate of drug-likeness (QED) is 0.0261. The molecular formula is C74H126O6. The molecule has 0 radical (unpaired) electrons. The van der Waals surface area contributed by atoms with Crippen LogP contribution in [0.3, 0.4) is 0 Å². The van der Waals surface area contributed by atoms with Crippen molar-refractivity contribution in [3.63, 3.8) is 0 Å². The molecule has 6 nitrogen and oxygen atoms in total. The van der Waals surface area contributed by atoms with Crippen LogP contribution in [0.4, 0.5) is 0 Å². The van der Waals surface area contributed by atoms with Gasteiger partial charge in [0.15, 0.2) is 6.10 Å². The van der Waals surface area contributed by atoms with E-state index in [4.69, 9.17) is 14.2 Å². The van der Waals surface area contributed by atoms with Gasteiger partial charge in [0.2, 0.25) is 0 Å². The SMILES string of the molecule is CC/C=C\C/C=C\C/C=C\C/C=C\C/C=C\CCCCCCCCCCCCCCCC(=O)OCC(COC(=O)CCCCCCCC)OC(=O)CCCCCCCCCCCCCCCC/C=C\C/C=C\C/C=C\C/C=C\CC. The maximum atomic E-state index is 12.9. The Hall–Kier alpha value is -3.93. The number of carbonyl (C=O) groups is 3. The van der Waals surface area contributed by atoms with Gasteiger partial charge in [-0.1, -0.05) is 310 Å². The summed E-state index contributed by atoms with van der Waals surface area (Å²) in [6.45, 7) is 6.38. The molecule has 0 amide bonds. The molecule has 0 aromatic carbocycles. The standard InChI is InChI=1S/C74H126O6/c1-4-7-10-13-16-18-20-22-24-26-28-30-32-34-36-37-39-40-42-44-46-48-50-52-54-56-58-61-64-67-73(76)79-70-71(69-78-72(75)66-63-60-15-12-9-6-3)80-74(77)68-65-62-59-57-55-53-51-49-47-45-43-41-38-35-33-31-29-27-25-23-21-19-17-14-11-8-5-2/h7-8,10-11,16-19,22-25,28-31,34,36,71H,4-6,9,12-15,20-21,26-27,32-33,35,37-70H2,1-3H3/b10-7-,11-8-,18-16-,19-17-,24-22-,25-23-,30-28-,31-29-,36-34-. The van der Waals surface area contributed by atoms with Crippen LogP contribution >= 0.6 is 0 Å². The van der Waals surface area contributed by atoms with E-state index in [0.29, 0.717) is 19.3 Å². The molecule has 0 aliphatic heterocycles. The highest BCUT2D eigenvalue weighted by Crippen LogP contribution is 2.17. The van der Waals surface area contributed by atoms with Gasteiger partial charge in [0, 0.05) is 19.3 Å². The first-order chi connectivity index (χ1) is 39.5. The molecule has 0 aromatic heterocycles. The fourth-order valence-electron chi connectivity index (χ4n) is 9.52. The predicted octanol–water partition coefficient (Wildman–Crippen LogP) is 23.4. The summed E-state index contributed by atoms with van der Waals surface area (Å²) >= 11 is 0. The molecule has 0 aromatic rings. The molecule has 0 fully saturated rings. The molecule has 458 valence electrons. The van der Waals surface area contributed by atoms with E-state index in [1.165, 1.54) is 167 Å². The van der Waals surface area contributed by atoms with Crippen molar-refractivity contribution < 1.29 is 28.6 Å². The lowest BCUT2D eigenvalue weighted by atomic mass is 10.0. The van der Waals surface area contributed by atoms with Gasteiger partial charge in [-0.2, -0.15) is 0 Å². The van der Waals surface area contributed by atoms with Gasteiger partial charge in [-0.05, 0) is 103 Å². The molecular weight excluding hydrogens is 985 g/mol. The first-order valence-corrected chi connectivity index (χ1v) is 33.9. The Morgan fingerprint density at radius 3 is 0.762 bits per heavy atom. The molecule has 0 saturated carbocycles. The summed E-state index contributed by atoms with van der Waals surface area (Å²) in [5, 5.41) is 0. The number of hydrogen-bond donors (Lipinski definition) is 0. The van der Waals surface area contributed by atoms with E-state index in [-0.39, 0.29) is 31.1 Å². The second-order valence-electron chi connectivity index (χ2n) is 22.3. The Bertz CT molecular complexity index is 1610. The fraction of sp³-hybridized carbons (Fsp3) is 0.716. The third-order valence-corrected chi connectivity index (χ3v) is 14.5. The highest BCUT2D eigenvalue weighted by atomic mass is 16.6. The smallest absolute Gasteiger partial charge is 0.306 e. The number of esters is 3.